The summed E-state index contributed by atoms with van der Waals surface area (Å²) in [5.41, 5.74) is 6.35. The number of morpholine rings is 1. The van der Waals surface area contributed by atoms with Crippen LogP contribution in [0.3, 0.4) is 0 Å². The van der Waals surface area contributed by atoms with Gasteiger partial charge in [0.2, 0.25) is 0 Å². The Morgan fingerprint density at radius 3 is 3.24 bits per heavy atom. The summed E-state index contributed by atoms with van der Waals surface area (Å²) in [6, 6.07) is 1.74. The number of aliphatic hydroxyl groups is 1. The molecule has 3 N–H and O–H groups in total. The highest BCUT2D eigenvalue weighted by Gasteiger charge is 2.23. The molecule has 0 saturated carbocycles. The lowest BCUT2D eigenvalue weighted by Crippen LogP contribution is -2.45. The molecule has 7 heteroatoms. The second kappa shape index (κ2) is 5.35. The fourth-order valence-electron chi connectivity index (χ4n) is 1.77. The van der Waals surface area contributed by atoms with E-state index in [-0.39, 0.29) is 12.7 Å². The Morgan fingerprint density at radius 2 is 2.53 bits per heavy atom. The van der Waals surface area contributed by atoms with E-state index in [9.17, 15) is 0 Å². The third kappa shape index (κ3) is 2.68. The van der Waals surface area contributed by atoms with E-state index in [1.165, 1.54) is 0 Å². The first-order chi connectivity index (χ1) is 8.22. The molecule has 1 atom stereocenters. The van der Waals surface area contributed by atoms with Gasteiger partial charge >= 0.3 is 0 Å². The van der Waals surface area contributed by atoms with Crippen molar-refractivity contribution in [2.45, 2.75) is 6.10 Å². The van der Waals surface area contributed by atoms with Crippen molar-refractivity contribution in [3.05, 3.63) is 17.8 Å². The quantitative estimate of drug-likeness (QED) is 0.690. The first kappa shape index (κ1) is 12.2. The molecule has 2 rings (SSSR count). The van der Waals surface area contributed by atoms with Crippen molar-refractivity contribution in [2.75, 3.05) is 31.2 Å². The van der Waals surface area contributed by atoms with Gasteiger partial charge in [-0.1, -0.05) is 12.2 Å². The second-order valence-corrected chi connectivity index (χ2v) is 4.19. The lowest BCUT2D eigenvalue weighted by molar-refractivity contribution is 0.00331. The van der Waals surface area contributed by atoms with E-state index < -0.39 is 0 Å². The monoisotopic (exact) mass is 254 g/mol. The number of aromatic nitrogens is 2. The molecule has 0 spiro atoms. The van der Waals surface area contributed by atoms with E-state index in [1.54, 1.807) is 12.3 Å². The predicted molar refractivity (Wildman–Crippen MR) is 67.0 cm³/mol. The summed E-state index contributed by atoms with van der Waals surface area (Å²) in [5.74, 6) is 0.654. The normalized spacial score (nSPS) is 20.3. The fourth-order valence-corrected chi connectivity index (χ4v) is 1.93. The average Bonchev–Trinajstić information content (AvgIpc) is 2.39. The number of hydrogen-bond acceptors (Lipinski definition) is 6. The van der Waals surface area contributed by atoms with E-state index in [2.05, 4.69) is 10.2 Å². The van der Waals surface area contributed by atoms with Gasteiger partial charge in [0, 0.05) is 13.1 Å². The average molecular weight is 254 g/mol. The Bertz CT molecular complexity index is 415. The van der Waals surface area contributed by atoms with Gasteiger partial charge in [0.1, 0.15) is 4.99 Å². The van der Waals surface area contributed by atoms with E-state index in [1.807, 2.05) is 4.90 Å². The highest BCUT2D eigenvalue weighted by atomic mass is 32.1. The zero-order valence-electron chi connectivity index (χ0n) is 9.24. The molecule has 1 aromatic heterocycles. The van der Waals surface area contributed by atoms with Crippen molar-refractivity contribution in [1.29, 1.82) is 0 Å². The molecule has 6 nitrogen and oxygen atoms in total. The number of ether oxygens (including phenoxy) is 1. The van der Waals surface area contributed by atoms with Crippen molar-refractivity contribution in [3.8, 4) is 0 Å². The van der Waals surface area contributed by atoms with Crippen LogP contribution in [0.2, 0.25) is 0 Å². The maximum Gasteiger partial charge on any atom is 0.161 e. The molecule has 0 radical (unpaired) electrons. The highest BCUT2D eigenvalue weighted by molar-refractivity contribution is 7.80. The van der Waals surface area contributed by atoms with Crippen molar-refractivity contribution in [3.63, 3.8) is 0 Å². The molecule has 0 bridgehead atoms. The molecule has 0 amide bonds. The molecule has 1 aliphatic rings. The van der Waals surface area contributed by atoms with Gasteiger partial charge < -0.3 is 20.5 Å². The molecule has 1 saturated heterocycles. The molecule has 17 heavy (non-hydrogen) atoms. The van der Waals surface area contributed by atoms with Crippen LogP contribution in [-0.2, 0) is 4.74 Å². The predicted octanol–water partition coefficient (Wildman–Crippen LogP) is -0.692. The van der Waals surface area contributed by atoms with Crippen molar-refractivity contribution >= 4 is 23.0 Å². The SMILES string of the molecule is NC(=S)c1ccnnc1N1CCOC(CO)C1. The topological polar surface area (TPSA) is 84.5 Å². The van der Waals surface area contributed by atoms with Gasteiger partial charge in [-0.05, 0) is 6.07 Å². The molecule has 1 aromatic rings. The van der Waals surface area contributed by atoms with Gasteiger partial charge in [0.25, 0.3) is 0 Å². The Kier molecular flexibility index (Phi) is 3.82. The van der Waals surface area contributed by atoms with Crippen molar-refractivity contribution < 1.29 is 9.84 Å². The van der Waals surface area contributed by atoms with Gasteiger partial charge in [-0.15, -0.1) is 5.10 Å². The summed E-state index contributed by atoms with van der Waals surface area (Å²) in [7, 11) is 0. The molecular formula is C10H14N4O2S. The number of rotatable bonds is 3. The van der Waals surface area contributed by atoms with Crippen LogP contribution >= 0.6 is 12.2 Å². The van der Waals surface area contributed by atoms with Gasteiger partial charge in [0.05, 0.1) is 31.1 Å². The van der Waals surface area contributed by atoms with E-state index in [4.69, 9.17) is 27.8 Å². The zero-order chi connectivity index (χ0) is 12.3. The number of anilines is 1. The molecule has 0 aromatic carbocycles. The highest BCUT2D eigenvalue weighted by Crippen LogP contribution is 2.18. The van der Waals surface area contributed by atoms with Crippen LogP contribution in [0.15, 0.2) is 12.3 Å². The molecule has 1 fully saturated rings. The number of hydrogen-bond donors (Lipinski definition) is 2. The van der Waals surface area contributed by atoms with Crippen molar-refractivity contribution in [1.82, 2.24) is 10.2 Å². The minimum atomic E-state index is -0.204. The van der Waals surface area contributed by atoms with Crippen LogP contribution in [0.5, 0.6) is 0 Å². The smallest absolute Gasteiger partial charge is 0.161 e. The third-order valence-electron chi connectivity index (χ3n) is 2.61. The van der Waals surface area contributed by atoms with Gasteiger partial charge in [-0.25, -0.2) is 0 Å². The maximum absolute atomic E-state index is 9.10. The van der Waals surface area contributed by atoms with Crippen LogP contribution in [0.25, 0.3) is 0 Å². The minimum Gasteiger partial charge on any atom is -0.394 e. The zero-order valence-corrected chi connectivity index (χ0v) is 10.1. The largest absolute Gasteiger partial charge is 0.394 e. The Morgan fingerprint density at radius 1 is 1.71 bits per heavy atom. The van der Waals surface area contributed by atoms with Crippen LogP contribution in [0, 0.1) is 0 Å². The summed E-state index contributed by atoms with van der Waals surface area (Å²) in [6.07, 6.45) is 1.35. The Labute approximate surface area is 104 Å². The number of nitrogens with zero attached hydrogens (tertiary/aromatic N) is 3. The minimum absolute atomic E-state index is 0.0147. The van der Waals surface area contributed by atoms with Crippen LogP contribution in [0.1, 0.15) is 5.56 Å². The summed E-state index contributed by atoms with van der Waals surface area (Å²) >= 11 is 4.98. The van der Waals surface area contributed by atoms with Gasteiger partial charge in [-0.3, -0.25) is 0 Å². The summed E-state index contributed by atoms with van der Waals surface area (Å²) in [6.45, 7) is 1.77. The number of nitrogens with two attached hydrogens (primary N) is 1. The van der Waals surface area contributed by atoms with Crippen LogP contribution < -0.4 is 10.6 Å². The fraction of sp³-hybridized carbons (Fsp3) is 0.500. The van der Waals surface area contributed by atoms with Gasteiger partial charge in [-0.2, -0.15) is 5.10 Å². The first-order valence-electron chi connectivity index (χ1n) is 5.31. The lowest BCUT2D eigenvalue weighted by Gasteiger charge is -2.33. The second-order valence-electron chi connectivity index (χ2n) is 3.75. The molecule has 1 aliphatic heterocycles. The van der Waals surface area contributed by atoms with E-state index >= 15 is 0 Å². The summed E-state index contributed by atoms with van der Waals surface area (Å²) < 4.78 is 5.38. The van der Waals surface area contributed by atoms with Crippen LogP contribution in [-0.4, -0.2) is 52.7 Å². The standard InChI is InChI=1S/C10H14N4O2S/c11-9(17)8-1-2-12-13-10(8)14-3-4-16-7(5-14)6-15/h1-2,7,15H,3-6H2,(H2,11,17). The molecular weight excluding hydrogens is 240 g/mol. The molecule has 92 valence electrons. The molecule has 2 heterocycles. The Hall–Kier alpha value is -1.31. The first-order valence-corrected chi connectivity index (χ1v) is 5.72. The molecule has 1 unspecified atom stereocenters. The van der Waals surface area contributed by atoms with Gasteiger partial charge in [0.15, 0.2) is 5.82 Å². The van der Waals surface area contributed by atoms with E-state index in [0.717, 1.165) is 0 Å². The lowest BCUT2D eigenvalue weighted by atomic mass is 10.2. The third-order valence-corrected chi connectivity index (χ3v) is 2.83. The number of thiocarbonyl (C=S) groups is 1. The summed E-state index contributed by atoms with van der Waals surface area (Å²) in [4.78, 5) is 2.27. The van der Waals surface area contributed by atoms with E-state index in [0.29, 0.717) is 36.1 Å². The molecule has 0 aliphatic carbocycles. The Balaban J connectivity index is 2.24. The number of aliphatic hydroxyl groups excluding tert-OH is 1. The van der Waals surface area contributed by atoms with Crippen LogP contribution in [0.4, 0.5) is 5.82 Å². The van der Waals surface area contributed by atoms with Crippen molar-refractivity contribution in [2.24, 2.45) is 5.73 Å². The summed E-state index contributed by atoms with van der Waals surface area (Å²) in [5, 5.41) is 17.0. The maximum atomic E-state index is 9.10.